The number of halogens is 3. The number of carbonyl (C=O) groups is 2. The van der Waals surface area contributed by atoms with E-state index >= 15 is 0 Å². The summed E-state index contributed by atoms with van der Waals surface area (Å²) in [5.41, 5.74) is -2.35. The molecule has 0 saturated heterocycles. The largest absolute Gasteiger partial charge is 0.407 e. The number of alkyl halides is 3. The molecule has 0 aliphatic heterocycles. The maximum absolute atomic E-state index is 13.1. The van der Waals surface area contributed by atoms with Crippen molar-refractivity contribution in [2.24, 2.45) is 0 Å². The number of aromatic nitrogens is 2. The smallest absolute Gasteiger partial charge is 0.355 e. The first kappa shape index (κ1) is 20.2. The van der Waals surface area contributed by atoms with Crippen LogP contribution in [0.25, 0.3) is 4.85 Å². The second-order valence-electron chi connectivity index (χ2n) is 6.37. The van der Waals surface area contributed by atoms with Gasteiger partial charge in [0.25, 0.3) is 5.91 Å². The summed E-state index contributed by atoms with van der Waals surface area (Å²) < 4.78 is 40.6. The predicted molar refractivity (Wildman–Crippen MR) is 91.4 cm³/mol. The van der Waals surface area contributed by atoms with Crippen molar-refractivity contribution >= 4 is 17.4 Å². The molecule has 1 aromatic heterocycles. The lowest BCUT2D eigenvalue weighted by atomic mass is 9.93. The minimum Gasteiger partial charge on any atom is -0.355 e. The van der Waals surface area contributed by atoms with Crippen LogP contribution in [0, 0.1) is 6.57 Å². The van der Waals surface area contributed by atoms with E-state index in [9.17, 15) is 22.8 Å². The summed E-state index contributed by atoms with van der Waals surface area (Å²) in [4.78, 5) is 27.2. The van der Waals surface area contributed by atoms with Crippen molar-refractivity contribution < 1.29 is 22.8 Å². The molecule has 1 amide bonds. The van der Waals surface area contributed by atoms with Gasteiger partial charge in [-0.05, 0) is 19.4 Å². The van der Waals surface area contributed by atoms with Crippen LogP contribution in [-0.2, 0) is 22.9 Å². The van der Waals surface area contributed by atoms with E-state index in [0.717, 1.165) is 12.1 Å². The Morgan fingerprint density at radius 1 is 1.30 bits per heavy atom. The fraction of sp³-hybridized carbons (Fsp3) is 0.333. The molecule has 1 heterocycles. The number of nitrogens with one attached hydrogen (secondary N) is 1. The standard InChI is InChI=1S/C18H17F3N4O2/c1-17(2,25-10-12(9-24-25)16(27)23-4)15(26)8-11-5-6-14(22-3)13(7-11)18(19,20)21/h5-7,9-10H,8H2,1-2,4H3,(H,23,27). The van der Waals surface area contributed by atoms with Crippen LogP contribution in [-0.4, -0.2) is 28.5 Å². The van der Waals surface area contributed by atoms with Crippen molar-refractivity contribution in [2.45, 2.75) is 32.0 Å². The Morgan fingerprint density at radius 2 is 1.96 bits per heavy atom. The van der Waals surface area contributed by atoms with Gasteiger partial charge in [0.05, 0.1) is 23.9 Å². The topological polar surface area (TPSA) is 68.3 Å². The van der Waals surface area contributed by atoms with Gasteiger partial charge in [-0.15, -0.1) is 0 Å². The van der Waals surface area contributed by atoms with Gasteiger partial charge in [-0.1, -0.05) is 18.2 Å². The quantitative estimate of drug-likeness (QED) is 0.812. The fourth-order valence-corrected chi connectivity index (χ4v) is 2.44. The molecule has 1 N–H and O–H groups in total. The van der Waals surface area contributed by atoms with E-state index in [4.69, 9.17) is 6.57 Å². The normalized spacial score (nSPS) is 11.7. The van der Waals surface area contributed by atoms with Crippen molar-refractivity contribution in [1.29, 1.82) is 0 Å². The molecule has 1 aromatic carbocycles. The lowest BCUT2D eigenvalue weighted by Crippen LogP contribution is -2.37. The van der Waals surface area contributed by atoms with Crippen LogP contribution in [0.3, 0.4) is 0 Å². The van der Waals surface area contributed by atoms with Crippen LogP contribution in [0.2, 0.25) is 0 Å². The summed E-state index contributed by atoms with van der Waals surface area (Å²) in [5, 5.41) is 6.46. The van der Waals surface area contributed by atoms with Gasteiger partial charge < -0.3 is 5.32 Å². The third-order valence-electron chi connectivity index (χ3n) is 4.18. The molecule has 0 spiro atoms. The van der Waals surface area contributed by atoms with Gasteiger partial charge in [0.1, 0.15) is 5.54 Å². The first-order valence-electron chi connectivity index (χ1n) is 7.88. The molecule has 2 rings (SSSR count). The Labute approximate surface area is 153 Å². The lowest BCUT2D eigenvalue weighted by Gasteiger charge is -2.24. The first-order chi connectivity index (χ1) is 12.5. The van der Waals surface area contributed by atoms with Crippen LogP contribution in [0.5, 0.6) is 0 Å². The second-order valence-corrected chi connectivity index (χ2v) is 6.37. The van der Waals surface area contributed by atoms with E-state index in [1.807, 2.05) is 0 Å². The zero-order valence-electron chi connectivity index (χ0n) is 14.9. The molecule has 0 bridgehead atoms. The second kappa shape index (κ2) is 7.23. The summed E-state index contributed by atoms with van der Waals surface area (Å²) >= 11 is 0. The third kappa shape index (κ3) is 4.16. The maximum atomic E-state index is 13.1. The van der Waals surface area contributed by atoms with Crippen molar-refractivity contribution in [3.8, 4) is 0 Å². The zero-order valence-corrected chi connectivity index (χ0v) is 14.9. The van der Waals surface area contributed by atoms with Gasteiger partial charge in [-0.2, -0.15) is 18.3 Å². The molecule has 0 radical (unpaired) electrons. The summed E-state index contributed by atoms with van der Waals surface area (Å²) in [5.74, 6) is -0.758. The number of carbonyl (C=O) groups excluding carboxylic acids is 2. The molecule has 9 heteroatoms. The van der Waals surface area contributed by atoms with Crippen LogP contribution >= 0.6 is 0 Å². The molecule has 0 unspecified atom stereocenters. The van der Waals surface area contributed by atoms with Crippen LogP contribution < -0.4 is 5.32 Å². The molecule has 142 valence electrons. The van der Waals surface area contributed by atoms with E-state index in [1.54, 1.807) is 13.8 Å². The fourth-order valence-electron chi connectivity index (χ4n) is 2.44. The van der Waals surface area contributed by atoms with Crippen LogP contribution in [0.1, 0.15) is 35.3 Å². The van der Waals surface area contributed by atoms with Gasteiger partial charge >= 0.3 is 6.18 Å². The SMILES string of the molecule is [C-]#[N+]c1ccc(CC(=O)C(C)(C)n2cc(C(=O)NC)cn2)cc1C(F)(F)F. The molecule has 27 heavy (non-hydrogen) atoms. The molecular weight excluding hydrogens is 361 g/mol. The summed E-state index contributed by atoms with van der Waals surface area (Å²) in [6.07, 6.45) is -2.25. The van der Waals surface area contributed by atoms with Crippen molar-refractivity contribution in [2.75, 3.05) is 7.05 Å². The lowest BCUT2D eigenvalue weighted by molar-refractivity contribution is -0.137. The molecule has 0 aliphatic rings. The minimum absolute atomic E-state index is 0.145. The molecular formula is C18H17F3N4O2. The highest BCUT2D eigenvalue weighted by molar-refractivity contribution is 5.94. The highest BCUT2D eigenvalue weighted by Gasteiger charge is 2.35. The Bertz CT molecular complexity index is 923. The van der Waals surface area contributed by atoms with Crippen LogP contribution in [0.15, 0.2) is 30.6 Å². The highest BCUT2D eigenvalue weighted by atomic mass is 19.4. The molecule has 0 aliphatic carbocycles. The van der Waals surface area contributed by atoms with Gasteiger partial charge in [-0.25, -0.2) is 4.85 Å². The summed E-state index contributed by atoms with van der Waals surface area (Å²) in [6, 6.07) is 3.21. The number of hydrogen-bond acceptors (Lipinski definition) is 3. The summed E-state index contributed by atoms with van der Waals surface area (Å²) in [6.45, 7) is 9.98. The number of hydrogen-bond donors (Lipinski definition) is 1. The summed E-state index contributed by atoms with van der Waals surface area (Å²) in [7, 11) is 1.46. The molecule has 2 aromatic rings. The monoisotopic (exact) mass is 378 g/mol. The number of benzene rings is 1. The predicted octanol–water partition coefficient (Wildman–Crippen LogP) is 3.36. The van der Waals surface area contributed by atoms with E-state index < -0.39 is 28.7 Å². The number of ketones is 1. The molecule has 0 saturated carbocycles. The average molecular weight is 378 g/mol. The third-order valence-corrected chi connectivity index (χ3v) is 4.18. The van der Waals surface area contributed by atoms with Gasteiger partial charge in [0.15, 0.2) is 11.5 Å². The van der Waals surface area contributed by atoms with E-state index in [1.165, 1.54) is 30.2 Å². The minimum atomic E-state index is -4.68. The van der Waals surface area contributed by atoms with E-state index in [2.05, 4.69) is 15.3 Å². The number of Topliss-reactive ketones (excluding diaryl/α,β-unsaturated/α-hetero) is 1. The van der Waals surface area contributed by atoms with Crippen molar-refractivity contribution in [1.82, 2.24) is 15.1 Å². The number of amides is 1. The molecule has 6 nitrogen and oxygen atoms in total. The van der Waals surface area contributed by atoms with Gasteiger partial charge in [0, 0.05) is 19.7 Å². The maximum Gasteiger partial charge on any atom is 0.407 e. The number of rotatable bonds is 5. The Morgan fingerprint density at radius 3 is 2.52 bits per heavy atom. The molecule has 0 atom stereocenters. The van der Waals surface area contributed by atoms with Crippen molar-refractivity contribution in [3.63, 3.8) is 0 Å². The highest BCUT2D eigenvalue weighted by Crippen LogP contribution is 2.37. The van der Waals surface area contributed by atoms with Crippen molar-refractivity contribution in [3.05, 3.63) is 58.7 Å². The van der Waals surface area contributed by atoms with Gasteiger partial charge in [0.2, 0.25) is 0 Å². The van der Waals surface area contributed by atoms with Crippen LogP contribution in [0.4, 0.5) is 18.9 Å². The van der Waals surface area contributed by atoms with E-state index in [0.29, 0.717) is 0 Å². The Hall–Kier alpha value is -3.15. The Balaban J connectivity index is 2.29. The Kier molecular flexibility index (Phi) is 5.40. The number of nitrogens with zero attached hydrogens (tertiary/aromatic N) is 3. The molecule has 0 fully saturated rings. The van der Waals surface area contributed by atoms with Gasteiger partial charge in [-0.3, -0.25) is 14.3 Å². The zero-order chi connectivity index (χ0) is 20.4. The van der Waals surface area contributed by atoms with E-state index in [-0.39, 0.29) is 23.5 Å². The average Bonchev–Trinajstić information content (AvgIpc) is 3.11. The first-order valence-corrected chi connectivity index (χ1v) is 7.88.